The number of hydrogen-bond donors (Lipinski definition) is 0. The van der Waals surface area contributed by atoms with E-state index in [0.29, 0.717) is 7.11 Å². The van der Waals surface area contributed by atoms with Crippen LogP contribution in [0.4, 0.5) is 26.3 Å². The Hall–Kier alpha value is -0.170. The highest BCUT2D eigenvalue weighted by molar-refractivity contribution is 6.25. The molecule has 0 aliphatic heterocycles. The first-order valence-electron chi connectivity index (χ1n) is 2.94. The van der Waals surface area contributed by atoms with Gasteiger partial charge in [-0.15, -0.1) is 0 Å². The smallest absolute Gasteiger partial charge is 0.341 e. The summed E-state index contributed by atoms with van der Waals surface area (Å²) in [4.78, 5) is 0. The Morgan fingerprint density at radius 1 is 0.923 bits per heavy atom. The maximum atomic E-state index is 12.7. The first-order chi connectivity index (χ1) is 5.56. The van der Waals surface area contributed by atoms with E-state index in [4.69, 9.17) is 0 Å². The molecule has 0 aromatic heterocycles. The molecule has 1 saturated carbocycles. The Balaban J connectivity index is 3.18. The predicted octanol–water partition coefficient (Wildman–Crippen LogP) is 2.49. The highest BCUT2D eigenvalue weighted by Crippen LogP contribution is 2.69. The van der Waals surface area contributed by atoms with E-state index in [0.717, 1.165) is 0 Å². The summed E-state index contributed by atoms with van der Waals surface area (Å²) in [5.41, 5.74) is 0. The van der Waals surface area contributed by atoms with E-state index in [9.17, 15) is 26.3 Å². The van der Waals surface area contributed by atoms with Gasteiger partial charge in [-0.1, -0.05) is 11.6 Å². The molecule has 0 heterocycles. The third kappa shape index (κ3) is 0.758. The zero-order valence-corrected chi connectivity index (χ0v) is 6.81. The van der Waals surface area contributed by atoms with Crippen LogP contribution in [0, 0.1) is 0 Å². The lowest BCUT2D eigenvalue weighted by Crippen LogP contribution is -2.84. The summed E-state index contributed by atoms with van der Waals surface area (Å²) in [6, 6.07) is 0. The minimum absolute atomic E-state index is 0.319. The molecular weight excluding hydrogens is 225 g/mol. The number of methoxy groups -OCH3 is 1. The molecule has 0 N–H and O–H groups in total. The fraction of sp³-hybridized carbons (Fsp3) is 1.00. The molecule has 78 valence electrons. The molecule has 0 amide bonds. The second-order valence-electron chi connectivity index (χ2n) is 2.52. The molecule has 0 radical (unpaired) electrons. The lowest BCUT2D eigenvalue weighted by Gasteiger charge is -2.53. The first-order valence-corrected chi connectivity index (χ1v) is 3.31. The molecule has 1 aliphatic rings. The molecule has 0 spiro atoms. The molecule has 13 heavy (non-hydrogen) atoms. The van der Waals surface area contributed by atoms with E-state index < -0.39 is 22.8 Å². The Morgan fingerprint density at radius 2 is 1.31 bits per heavy atom. The summed E-state index contributed by atoms with van der Waals surface area (Å²) in [5.74, 6) is -15.1. The molecule has 0 saturated heterocycles. The van der Waals surface area contributed by atoms with Crippen molar-refractivity contribution in [2.75, 3.05) is 7.11 Å². The van der Waals surface area contributed by atoms with Crippen molar-refractivity contribution < 1.29 is 31.1 Å². The van der Waals surface area contributed by atoms with Crippen LogP contribution in [0.25, 0.3) is 0 Å². The van der Waals surface area contributed by atoms with Crippen LogP contribution in [0.3, 0.4) is 0 Å². The highest BCUT2D eigenvalue weighted by Gasteiger charge is 2.99. The Labute approximate surface area is 73.6 Å². The van der Waals surface area contributed by atoms with Gasteiger partial charge in [0.1, 0.15) is 0 Å². The molecule has 0 aromatic carbocycles. The number of alkyl halides is 7. The van der Waals surface area contributed by atoms with Crippen molar-refractivity contribution in [1.29, 1.82) is 0 Å². The van der Waals surface area contributed by atoms with Gasteiger partial charge in [-0.3, -0.25) is 0 Å². The minimum Gasteiger partial charge on any atom is -0.341 e. The van der Waals surface area contributed by atoms with Gasteiger partial charge in [0, 0.05) is 7.11 Å². The van der Waals surface area contributed by atoms with Gasteiger partial charge in [0.2, 0.25) is 0 Å². The average molecular weight is 229 g/mol. The summed E-state index contributed by atoms with van der Waals surface area (Å²) in [7, 11) is 0.319. The molecule has 0 bridgehead atoms. The normalized spacial score (nSPS) is 47.1. The average Bonchev–Trinajstić information content (AvgIpc) is 2.00. The van der Waals surface area contributed by atoms with Crippen molar-refractivity contribution in [3.8, 4) is 0 Å². The number of hydrogen-bond acceptors (Lipinski definition) is 1. The van der Waals surface area contributed by atoms with Gasteiger partial charge in [-0.05, 0) is 0 Å². The van der Waals surface area contributed by atoms with Crippen molar-refractivity contribution in [1.82, 2.24) is 0 Å². The largest absolute Gasteiger partial charge is 0.377 e. The maximum absolute atomic E-state index is 12.7. The van der Waals surface area contributed by atoms with Gasteiger partial charge in [-0.2, -0.15) is 22.0 Å². The van der Waals surface area contributed by atoms with Crippen LogP contribution in [0.5, 0.6) is 0 Å². The second-order valence-corrected chi connectivity index (χ2v) is 3.04. The molecule has 2 atom stereocenters. The van der Waals surface area contributed by atoms with E-state index in [1.54, 1.807) is 0 Å². The molecule has 8 heteroatoms. The Bertz CT molecular complexity index is 221. The quantitative estimate of drug-likeness (QED) is 0.495. The Kier molecular flexibility index (Phi) is 1.89. The van der Waals surface area contributed by atoms with Gasteiger partial charge in [0.25, 0.3) is 0 Å². The zero-order valence-electron chi connectivity index (χ0n) is 6.05. The van der Waals surface area contributed by atoms with E-state index in [1.165, 1.54) is 0 Å². The van der Waals surface area contributed by atoms with Crippen molar-refractivity contribution >= 4 is 11.6 Å². The van der Waals surface area contributed by atoms with Gasteiger partial charge in [0.15, 0.2) is 0 Å². The highest BCUT2D eigenvalue weighted by atomic mass is 35.5. The summed E-state index contributed by atoms with van der Waals surface area (Å²) in [5, 5.41) is -4.54. The number of halogens is 7. The molecule has 1 fully saturated rings. The molecule has 0 aromatic rings. The monoisotopic (exact) mass is 228 g/mol. The molecule has 2 unspecified atom stereocenters. The molecule has 1 rings (SSSR count). The van der Waals surface area contributed by atoms with Crippen molar-refractivity contribution in [3.05, 3.63) is 0 Å². The second kappa shape index (κ2) is 2.25. The van der Waals surface area contributed by atoms with Gasteiger partial charge in [-0.25, -0.2) is 4.39 Å². The predicted molar refractivity (Wildman–Crippen MR) is 30.4 cm³/mol. The van der Waals surface area contributed by atoms with Crippen molar-refractivity contribution in [3.63, 3.8) is 0 Å². The van der Waals surface area contributed by atoms with Gasteiger partial charge >= 0.3 is 22.8 Å². The SMILES string of the molecule is COC1(F)C(F)(F)C(F)(F)C1(F)Cl. The zero-order chi connectivity index (χ0) is 10.7. The van der Waals surface area contributed by atoms with E-state index in [-0.39, 0.29) is 0 Å². The third-order valence-corrected chi connectivity index (χ3v) is 2.36. The lowest BCUT2D eigenvalue weighted by atomic mass is 9.80. The fourth-order valence-corrected chi connectivity index (χ4v) is 1.31. The van der Waals surface area contributed by atoms with Crippen LogP contribution in [-0.2, 0) is 4.74 Å². The lowest BCUT2D eigenvalue weighted by molar-refractivity contribution is -0.474. The summed E-state index contributed by atoms with van der Waals surface area (Å²) >= 11 is 4.29. The van der Waals surface area contributed by atoms with Crippen molar-refractivity contribution in [2.24, 2.45) is 0 Å². The van der Waals surface area contributed by atoms with Gasteiger partial charge < -0.3 is 4.74 Å². The third-order valence-electron chi connectivity index (χ3n) is 1.88. The summed E-state index contributed by atoms with van der Waals surface area (Å²) < 4.78 is 77.6. The van der Waals surface area contributed by atoms with E-state index in [1.807, 2.05) is 0 Å². The van der Waals surface area contributed by atoms with Crippen molar-refractivity contribution in [2.45, 2.75) is 22.8 Å². The van der Waals surface area contributed by atoms with Crippen LogP contribution in [0.15, 0.2) is 0 Å². The van der Waals surface area contributed by atoms with Crippen LogP contribution < -0.4 is 0 Å². The summed E-state index contributed by atoms with van der Waals surface area (Å²) in [6.07, 6.45) is 0. The first kappa shape index (κ1) is 10.9. The van der Waals surface area contributed by atoms with Gasteiger partial charge in [0.05, 0.1) is 0 Å². The number of ether oxygens (including phenoxy) is 1. The van der Waals surface area contributed by atoms with E-state index >= 15 is 0 Å². The minimum atomic E-state index is -5.29. The fourth-order valence-electron chi connectivity index (χ4n) is 0.992. The molecule has 1 nitrogen and oxygen atoms in total. The summed E-state index contributed by atoms with van der Waals surface area (Å²) in [6.45, 7) is 0. The van der Waals surface area contributed by atoms with Crippen LogP contribution in [0.1, 0.15) is 0 Å². The van der Waals surface area contributed by atoms with E-state index in [2.05, 4.69) is 16.3 Å². The Morgan fingerprint density at radius 3 is 1.46 bits per heavy atom. The molecule has 1 aliphatic carbocycles. The molecular formula is C5H3ClF6O. The number of rotatable bonds is 1. The van der Waals surface area contributed by atoms with Crippen LogP contribution in [0.2, 0.25) is 0 Å². The van der Waals surface area contributed by atoms with Crippen LogP contribution in [-0.4, -0.2) is 29.9 Å². The maximum Gasteiger partial charge on any atom is 0.377 e. The van der Waals surface area contributed by atoms with Crippen LogP contribution >= 0.6 is 11.6 Å². The standard InChI is InChI=1S/C5H3ClF6O/c1-13-5(12)2(6,7)3(8,9)4(5,10)11/h1H3. The topological polar surface area (TPSA) is 9.23 Å².